The number of phenols is 1. The van der Waals surface area contributed by atoms with Gasteiger partial charge in [-0.1, -0.05) is 36.4 Å². The fourth-order valence-electron chi connectivity index (χ4n) is 2.67. The minimum absolute atomic E-state index is 0.0942. The van der Waals surface area contributed by atoms with Crippen molar-refractivity contribution >= 4 is 27.5 Å². The van der Waals surface area contributed by atoms with Crippen LogP contribution in [0.2, 0.25) is 0 Å². The van der Waals surface area contributed by atoms with Gasteiger partial charge in [-0.15, -0.1) is 0 Å². The number of carbonyl (C=O) groups is 1. The van der Waals surface area contributed by atoms with Gasteiger partial charge in [-0.3, -0.25) is 0 Å². The summed E-state index contributed by atoms with van der Waals surface area (Å²) in [6.07, 6.45) is 0. The number of fused-ring (bicyclic) bond motifs is 3. The first-order chi connectivity index (χ1) is 9.63. The molecule has 0 radical (unpaired) electrons. The summed E-state index contributed by atoms with van der Waals surface area (Å²) in [7, 11) is 1.34. The van der Waals surface area contributed by atoms with E-state index in [1.54, 1.807) is 0 Å². The average molecular weight is 266 g/mol. The quantitative estimate of drug-likeness (QED) is 0.538. The van der Waals surface area contributed by atoms with E-state index in [0.717, 1.165) is 27.1 Å². The Morgan fingerprint density at radius 2 is 1.85 bits per heavy atom. The highest BCUT2D eigenvalue weighted by molar-refractivity contribution is 6.13. The highest BCUT2D eigenvalue weighted by atomic mass is 16.5. The molecular formula is C17H14O3. The molecule has 0 amide bonds. The van der Waals surface area contributed by atoms with Crippen LogP contribution in [0, 0.1) is 6.92 Å². The number of aryl methyl sites for hydroxylation is 1. The number of rotatable bonds is 1. The normalized spacial score (nSPS) is 10.9. The van der Waals surface area contributed by atoms with Crippen LogP contribution >= 0.6 is 0 Å². The van der Waals surface area contributed by atoms with Gasteiger partial charge >= 0.3 is 5.97 Å². The molecule has 0 spiro atoms. The van der Waals surface area contributed by atoms with Crippen molar-refractivity contribution in [3.63, 3.8) is 0 Å². The maximum atomic E-state index is 11.8. The Morgan fingerprint density at radius 3 is 2.60 bits per heavy atom. The van der Waals surface area contributed by atoms with E-state index in [4.69, 9.17) is 4.74 Å². The number of benzene rings is 3. The molecule has 3 heteroatoms. The minimum Gasteiger partial charge on any atom is -0.507 e. The molecule has 0 heterocycles. The zero-order valence-electron chi connectivity index (χ0n) is 11.3. The lowest BCUT2D eigenvalue weighted by Crippen LogP contribution is -2.04. The number of esters is 1. The Hall–Kier alpha value is -2.55. The highest BCUT2D eigenvalue weighted by Crippen LogP contribution is 2.35. The smallest absolute Gasteiger partial charge is 0.338 e. The zero-order valence-corrected chi connectivity index (χ0v) is 11.3. The second kappa shape index (κ2) is 4.53. The molecule has 3 aromatic rings. The first-order valence-corrected chi connectivity index (χ1v) is 6.36. The van der Waals surface area contributed by atoms with Crippen LogP contribution in [-0.4, -0.2) is 18.2 Å². The van der Waals surface area contributed by atoms with E-state index < -0.39 is 5.97 Å². The van der Waals surface area contributed by atoms with E-state index in [-0.39, 0.29) is 5.75 Å². The Labute approximate surface area is 116 Å². The summed E-state index contributed by atoms with van der Waals surface area (Å²) in [6, 6.07) is 13.2. The van der Waals surface area contributed by atoms with Crippen molar-refractivity contribution in [3.05, 3.63) is 53.6 Å². The van der Waals surface area contributed by atoms with Crippen LogP contribution in [0.15, 0.2) is 42.5 Å². The third-order valence-corrected chi connectivity index (χ3v) is 3.67. The summed E-state index contributed by atoms with van der Waals surface area (Å²) in [6.45, 7) is 1.88. The molecule has 0 saturated carbocycles. The molecule has 20 heavy (non-hydrogen) atoms. The predicted octanol–water partition coefficient (Wildman–Crippen LogP) is 3.79. The molecular weight excluding hydrogens is 252 g/mol. The van der Waals surface area contributed by atoms with Gasteiger partial charge in [0.25, 0.3) is 0 Å². The van der Waals surface area contributed by atoms with Crippen molar-refractivity contribution in [1.29, 1.82) is 0 Å². The van der Waals surface area contributed by atoms with Crippen molar-refractivity contribution in [3.8, 4) is 5.75 Å². The first kappa shape index (κ1) is 12.5. The van der Waals surface area contributed by atoms with E-state index in [1.807, 2.05) is 43.3 Å². The number of phenolic OH excluding ortho intramolecular Hbond substituents is 1. The SMILES string of the molecule is COC(=O)c1cc(O)c2ccc3ccccc3c2c1C. The second-order valence-corrected chi connectivity index (χ2v) is 4.77. The largest absolute Gasteiger partial charge is 0.507 e. The van der Waals surface area contributed by atoms with Crippen LogP contribution in [0.1, 0.15) is 15.9 Å². The number of hydrogen-bond acceptors (Lipinski definition) is 3. The summed E-state index contributed by atoms with van der Waals surface area (Å²) in [4.78, 5) is 11.8. The van der Waals surface area contributed by atoms with Crippen LogP contribution in [-0.2, 0) is 4.74 Å². The topological polar surface area (TPSA) is 46.5 Å². The Bertz CT molecular complexity index is 834. The Morgan fingerprint density at radius 1 is 1.10 bits per heavy atom. The standard InChI is InChI=1S/C17H14O3/c1-10-14(17(19)20-2)9-15(18)13-8-7-11-5-3-4-6-12(11)16(10)13/h3-9,18H,1-2H3. The molecule has 3 rings (SSSR count). The lowest BCUT2D eigenvalue weighted by atomic mass is 9.94. The van der Waals surface area contributed by atoms with E-state index in [0.29, 0.717) is 5.56 Å². The minimum atomic E-state index is -0.437. The molecule has 0 fully saturated rings. The molecule has 0 aliphatic carbocycles. The summed E-state index contributed by atoms with van der Waals surface area (Å²) >= 11 is 0. The molecule has 100 valence electrons. The van der Waals surface area contributed by atoms with Crippen LogP contribution < -0.4 is 0 Å². The third-order valence-electron chi connectivity index (χ3n) is 3.67. The van der Waals surface area contributed by atoms with Gasteiger partial charge in [-0.05, 0) is 34.7 Å². The first-order valence-electron chi connectivity index (χ1n) is 6.36. The lowest BCUT2D eigenvalue weighted by molar-refractivity contribution is 0.0599. The molecule has 3 nitrogen and oxygen atoms in total. The number of methoxy groups -OCH3 is 1. The lowest BCUT2D eigenvalue weighted by Gasteiger charge is -2.12. The third kappa shape index (κ3) is 1.71. The van der Waals surface area contributed by atoms with Gasteiger partial charge < -0.3 is 9.84 Å². The van der Waals surface area contributed by atoms with Gasteiger partial charge in [0, 0.05) is 5.39 Å². The monoisotopic (exact) mass is 266 g/mol. The number of carbonyl (C=O) groups excluding carboxylic acids is 1. The van der Waals surface area contributed by atoms with Crippen molar-refractivity contribution in [2.75, 3.05) is 7.11 Å². The van der Waals surface area contributed by atoms with E-state index >= 15 is 0 Å². The summed E-state index contributed by atoms with van der Waals surface area (Å²) in [5.74, 6) is -0.343. The van der Waals surface area contributed by atoms with Gasteiger partial charge in [0.15, 0.2) is 0 Å². The van der Waals surface area contributed by atoms with E-state index in [2.05, 4.69) is 0 Å². The molecule has 0 unspecified atom stereocenters. The van der Waals surface area contributed by atoms with Crippen molar-refractivity contribution in [2.24, 2.45) is 0 Å². The maximum absolute atomic E-state index is 11.8. The number of ether oxygens (including phenoxy) is 1. The zero-order chi connectivity index (χ0) is 14.3. The maximum Gasteiger partial charge on any atom is 0.338 e. The van der Waals surface area contributed by atoms with Crippen LogP contribution in [0.3, 0.4) is 0 Å². The van der Waals surface area contributed by atoms with Gasteiger partial charge in [0.1, 0.15) is 5.75 Å². The number of hydrogen-bond donors (Lipinski definition) is 1. The van der Waals surface area contributed by atoms with Gasteiger partial charge in [-0.2, -0.15) is 0 Å². The molecule has 0 aliphatic heterocycles. The van der Waals surface area contributed by atoms with E-state index in [1.165, 1.54) is 13.2 Å². The molecule has 1 N–H and O–H groups in total. The molecule has 0 bridgehead atoms. The Kier molecular flexibility index (Phi) is 2.83. The van der Waals surface area contributed by atoms with Crippen LogP contribution in [0.5, 0.6) is 5.75 Å². The average Bonchev–Trinajstić information content (AvgIpc) is 2.49. The second-order valence-electron chi connectivity index (χ2n) is 4.77. The fraction of sp³-hybridized carbons (Fsp3) is 0.118. The predicted molar refractivity (Wildman–Crippen MR) is 79.2 cm³/mol. The fourth-order valence-corrected chi connectivity index (χ4v) is 2.67. The van der Waals surface area contributed by atoms with Gasteiger partial charge in [0.2, 0.25) is 0 Å². The summed E-state index contributed by atoms with van der Waals surface area (Å²) in [5.41, 5.74) is 1.22. The molecule has 0 aromatic heterocycles. The van der Waals surface area contributed by atoms with Gasteiger partial charge in [0.05, 0.1) is 12.7 Å². The molecule has 0 saturated heterocycles. The van der Waals surface area contributed by atoms with Crippen molar-refractivity contribution < 1.29 is 14.6 Å². The highest BCUT2D eigenvalue weighted by Gasteiger charge is 2.16. The summed E-state index contributed by atoms with van der Waals surface area (Å²) < 4.78 is 4.78. The van der Waals surface area contributed by atoms with Crippen molar-refractivity contribution in [2.45, 2.75) is 6.92 Å². The number of aromatic hydroxyl groups is 1. The van der Waals surface area contributed by atoms with E-state index in [9.17, 15) is 9.90 Å². The van der Waals surface area contributed by atoms with Crippen molar-refractivity contribution in [1.82, 2.24) is 0 Å². The molecule has 3 aromatic carbocycles. The Balaban J connectivity index is 2.52. The summed E-state index contributed by atoms with van der Waals surface area (Å²) in [5, 5.41) is 13.9. The molecule has 0 aliphatic rings. The van der Waals surface area contributed by atoms with Crippen LogP contribution in [0.4, 0.5) is 0 Å². The van der Waals surface area contributed by atoms with Crippen LogP contribution in [0.25, 0.3) is 21.5 Å². The van der Waals surface area contributed by atoms with Gasteiger partial charge in [-0.25, -0.2) is 4.79 Å². The molecule has 0 atom stereocenters.